The second kappa shape index (κ2) is 6.12. The topological polar surface area (TPSA) is 40.9 Å². The van der Waals surface area contributed by atoms with Crippen molar-refractivity contribution in [1.82, 2.24) is 0 Å². The predicted octanol–water partition coefficient (Wildman–Crippen LogP) is 4.01. The first-order valence-corrected chi connectivity index (χ1v) is 6.36. The van der Waals surface area contributed by atoms with Gasteiger partial charge in [0, 0.05) is 6.42 Å². The summed E-state index contributed by atoms with van der Waals surface area (Å²) in [6, 6.07) is 15.8. The highest BCUT2D eigenvalue weighted by atomic mass is 19.1. The van der Waals surface area contributed by atoms with Crippen LogP contribution in [0, 0.1) is 24.1 Å². The number of aryl methyl sites for hydroxylation is 1. The van der Waals surface area contributed by atoms with E-state index in [-0.39, 0.29) is 17.8 Å². The summed E-state index contributed by atoms with van der Waals surface area (Å²) in [6.07, 6.45) is 0.0379. The molecule has 0 saturated heterocycles. The van der Waals surface area contributed by atoms with Gasteiger partial charge in [0.2, 0.25) is 0 Å². The maximum Gasteiger partial charge on any atom is 0.174 e. The predicted molar refractivity (Wildman–Crippen MR) is 74.9 cm³/mol. The molecule has 0 aliphatic rings. The van der Waals surface area contributed by atoms with Gasteiger partial charge in [-0.3, -0.25) is 4.79 Å². The number of hydrogen-bond acceptors (Lipinski definition) is 2. The van der Waals surface area contributed by atoms with Crippen LogP contribution in [-0.4, -0.2) is 5.78 Å². The molecule has 0 aliphatic heterocycles. The number of rotatable bonds is 4. The van der Waals surface area contributed by atoms with Crippen LogP contribution in [0.2, 0.25) is 0 Å². The smallest absolute Gasteiger partial charge is 0.174 e. The Hall–Kier alpha value is -2.47. The standard InChI is InChI=1S/C17H14FNO/c1-12-6-5-9-15(16(12)18)17(20)14(10-11-19)13-7-3-2-4-8-13/h2-9,14H,10H2,1H3. The van der Waals surface area contributed by atoms with Crippen molar-refractivity contribution >= 4 is 5.78 Å². The number of nitriles is 1. The monoisotopic (exact) mass is 267 g/mol. The van der Waals surface area contributed by atoms with Crippen LogP contribution in [0.1, 0.15) is 33.8 Å². The molecule has 2 aromatic rings. The molecular formula is C17H14FNO. The van der Waals surface area contributed by atoms with Gasteiger partial charge in [0.25, 0.3) is 0 Å². The molecule has 0 aliphatic carbocycles. The van der Waals surface area contributed by atoms with E-state index in [4.69, 9.17) is 5.26 Å². The number of ketones is 1. The van der Waals surface area contributed by atoms with E-state index < -0.39 is 11.7 Å². The van der Waals surface area contributed by atoms with Crippen molar-refractivity contribution in [2.45, 2.75) is 19.3 Å². The number of Topliss-reactive ketones (excluding diaryl/α,β-unsaturated/α-hetero) is 1. The van der Waals surface area contributed by atoms with E-state index in [0.717, 1.165) is 5.56 Å². The molecule has 2 rings (SSSR count). The first-order valence-electron chi connectivity index (χ1n) is 6.36. The van der Waals surface area contributed by atoms with Crippen LogP contribution in [0.25, 0.3) is 0 Å². The Kier molecular flexibility index (Phi) is 4.27. The van der Waals surface area contributed by atoms with Gasteiger partial charge in [-0.2, -0.15) is 5.26 Å². The Balaban J connectivity index is 2.43. The molecule has 0 bridgehead atoms. The number of benzene rings is 2. The number of carbonyl (C=O) groups excluding carboxylic acids is 1. The average Bonchev–Trinajstić information content (AvgIpc) is 2.48. The summed E-state index contributed by atoms with van der Waals surface area (Å²) in [5, 5.41) is 8.92. The fourth-order valence-electron chi connectivity index (χ4n) is 2.16. The van der Waals surface area contributed by atoms with Crippen molar-refractivity contribution < 1.29 is 9.18 Å². The van der Waals surface area contributed by atoms with E-state index in [1.165, 1.54) is 6.07 Å². The maximum atomic E-state index is 14.1. The summed E-state index contributed by atoms with van der Waals surface area (Å²) in [6.45, 7) is 1.62. The molecule has 1 atom stereocenters. The lowest BCUT2D eigenvalue weighted by molar-refractivity contribution is 0.0956. The minimum Gasteiger partial charge on any atom is -0.293 e. The van der Waals surface area contributed by atoms with E-state index >= 15 is 0 Å². The number of halogens is 1. The van der Waals surface area contributed by atoms with E-state index in [1.54, 1.807) is 43.3 Å². The summed E-state index contributed by atoms with van der Waals surface area (Å²) in [7, 11) is 0. The van der Waals surface area contributed by atoms with Gasteiger partial charge in [-0.25, -0.2) is 4.39 Å². The molecule has 0 fully saturated rings. The molecule has 0 heterocycles. The van der Waals surface area contributed by atoms with Crippen LogP contribution in [0.4, 0.5) is 4.39 Å². The lowest BCUT2D eigenvalue weighted by Crippen LogP contribution is -2.14. The SMILES string of the molecule is Cc1cccc(C(=O)C(CC#N)c2ccccc2)c1F. The Labute approximate surface area is 117 Å². The molecule has 2 nitrogen and oxygen atoms in total. The maximum absolute atomic E-state index is 14.1. The van der Waals surface area contributed by atoms with E-state index in [2.05, 4.69) is 0 Å². The van der Waals surface area contributed by atoms with Crippen LogP contribution < -0.4 is 0 Å². The Morgan fingerprint density at radius 2 is 1.90 bits per heavy atom. The van der Waals surface area contributed by atoms with Crippen molar-refractivity contribution in [2.75, 3.05) is 0 Å². The Bertz CT molecular complexity index is 658. The first kappa shape index (κ1) is 14.0. The van der Waals surface area contributed by atoms with Gasteiger partial charge in [-0.05, 0) is 24.1 Å². The van der Waals surface area contributed by atoms with Gasteiger partial charge in [0.05, 0.1) is 17.6 Å². The summed E-state index contributed by atoms with van der Waals surface area (Å²) in [5.41, 5.74) is 1.22. The number of carbonyl (C=O) groups is 1. The molecule has 1 unspecified atom stereocenters. The molecule has 20 heavy (non-hydrogen) atoms. The van der Waals surface area contributed by atoms with Crippen LogP contribution >= 0.6 is 0 Å². The lowest BCUT2D eigenvalue weighted by atomic mass is 9.88. The average molecular weight is 267 g/mol. The van der Waals surface area contributed by atoms with Crippen molar-refractivity contribution in [3.63, 3.8) is 0 Å². The Morgan fingerprint density at radius 1 is 1.20 bits per heavy atom. The first-order chi connectivity index (χ1) is 9.65. The number of nitrogens with zero attached hydrogens (tertiary/aromatic N) is 1. The molecule has 2 aromatic carbocycles. The molecule has 3 heteroatoms. The highest BCUT2D eigenvalue weighted by Crippen LogP contribution is 2.26. The minimum atomic E-state index is -0.627. The highest BCUT2D eigenvalue weighted by molar-refractivity contribution is 6.01. The van der Waals surface area contributed by atoms with Gasteiger partial charge >= 0.3 is 0 Å². The molecule has 0 N–H and O–H groups in total. The highest BCUT2D eigenvalue weighted by Gasteiger charge is 2.24. The largest absolute Gasteiger partial charge is 0.293 e. The lowest BCUT2D eigenvalue weighted by Gasteiger charge is -2.14. The normalized spacial score (nSPS) is 11.7. The summed E-state index contributed by atoms with van der Waals surface area (Å²) >= 11 is 0. The van der Waals surface area contributed by atoms with Crippen molar-refractivity contribution in [3.8, 4) is 6.07 Å². The van der Waals surface area contributed by atoms with Crippen LogP contribution in [0.3, 0.4) is 0 Å². The van der Waals surface area contributed by atoms with E-state index in [0.29, 0.717) is 5.56 Å². The van der Waals surface area contributed by atoms with Crippen molar-refractivity contribution in [3.05, 3.63) is 71.0 Å². The third-order valence-electron chi connectivity index (χ3n) is 3.27. The second-order valence-electron chi connectivity index (χ2n) is 4.63. The molecular weight excluding hydrogens is 253 g/mol. The van der Waals surface area contributed by atoms with Crippen LogP contribution in [-0.2, 0) is 0 Å². The molecule has 100 valence electrons. The molecule has 0 radical (unpaired) electrons. The third-order valence-corrected chi connectivity index (χ3v) is 3.27. The quantitative estimate of drug-likeness (QED) is 0.785. The van der Waals surface area contributed by atoms with Crippen molar-refractivity contribution in [1.29, 1.82) is 5.26 Å². The fraction of sp³-hybridized carbons (Fsp3) is 0.176. The molecule has 0 aromatic heterocycles. The summed E-state index contributed by atoms with van der Waals surface area (Å²) < 4.78 is 14.1. The van der Waals surface area contributed by atoms with E-state index in [1.807, 2.05) is 12.1 Å². The third kappa shape index (κ3) is 2.75. The number of hydrogen-bond donors (Lipinski definition) is 0. The fourth-order valence-corrected chi connectivity index (χ4v) is 2.16. The molecule has 0 amide bonds. The zero-order valence-corrected chi connectivity index (χ0v) is 11.1. The van der Waals surface area contributed by atoms with Crippen LogP contribution in [0.15, 0.2) is 48.5 Å². The zero-order chi connectivity index (χ0) is 14.5. The van der Waals surface area contributed by atoms with Crippen molar-refractivity contribution in [2.24, 2.45) is 0 Å². The molecule has 0 saturated carbocycles. The Morgan fingerprint density at radius 3 is 2.55 bits per heavy atom. The van der Waals surface area contributed by atoms with Crippen LogP contribution in [0.5, 0.6) is 0 Å². The zero-order valence-electron chi connectivity index (χ0n) is 11.1. The van der Waals surface area contributed by atoms with Gasteiger partial charge < -0.3 is 0 Å². The molecule has 0 spiro atoms. The summed E-state index contributed by atoms with van der Waals surface area (Å²) in [5.74, 6) is -1.48. The minimum absolute atomic E-state index is 0.0379. The van der Waals surface area contributed by atoms with E-state index in [9.17, 15) is 9.18 Å². The summed E-state index contributed by atoms with van der Waals surface area (Å²) in [4.78, 5) is 12.5. The van der Waals surface area contributed by atoms with Gasteiger partial charge in [0.15, 0.2) is 5.78 Å². The van der Waals surface area contributed by atoms with Gasteiger partial charge in [0.1, 0.15) is 5.82 Å². The van der Waals surface area contributed by atoms with Gasteiger partial charge in [-0.1, -0.05) is 42.5 Å². The van der Waals surface area contributed by atoms with Gasteiger partial charge in [-0.15, -0.1) is 0 Å². The second-order valence-corrected chi connectivity index (χ2v) is 4.63.